The second-order valence-corrected chi connectivity index (χ2v) is 14.8. The Balaban J connectivity index is 0.000000658. The minimum absolute atomic E-state index is 0.0461. The fourth-order valence-electron chi connectivity index (χ4n) is 4.36. The first-order valence-corrected chi connectivity index (χ1v) is 19.6. The molecule has 2 aromatic heterocycles. The molecule has 0 saturated carbocycles. The number of hydrogen-bond acceptors (Lipinski definition) is 14. The standard InChI is InChI=1S/C13H16ClN4O12P3.2C6H15N/c1-3-13(28-33(25,26-2)30-32(23,24)29-31(20,21)22)8(19)6-9(27-13)18-5-4-7-10(15)16-12(14)17-11(7)18;2*1-4-7(5-2)6-3/h1,4-5,8-9,19H,6H2,2H3,(H,23,24)(H2,15,16,17)(H2,20,21,22);2*4-6H2,1-3H3/t8-,9+,13+,33?;;/m0../s1. The van der Waals surface area contributed by atoms with Gasteiger partial charge in [-0.3, -0.25) is 13.7 Å². The molecular weight excluding hydrogens is 705 g/mol. The van der Waals surface area contributed by atoms with E-state index in [1.165, 1.54) is 56.1 Å². The minimum atomic E-state index is -6.02. The average molecular weight is 751 g/mol. The van der Waals surface area contributed by atoms with Crippen molar-refractivity contribution in [1.29, 1.82) is 0 Å². The summed E-state index contributed by atoms with van der Waals surface area (Å²) in [4.78, 5) is 42.0. The van der Waals surface area contributed by atoms with E-state index in [1.807, 2.05) is 5.92 Å². The monoisotopic (exact) mass is 750 g/mol. The SMILES string of the molecule is C#C[C@]1(OP(=O)(OC)OP(=O)([O-])OP(=O)([O-])O)O[C@@H](n2ccc3c(N)nc(Cl)nc32)C[C@@H]1O.CC[NH+](CC)CC.CC[NH+](CC)CC. The van der Waals surface area contributed by atoms with Crippen molar-refractivity contribution in [2.45, 2.75) is 66.1 Å². The molecule has 0 radical (unpaired) electrons. The highest BCUT2D eigenvalue weighted by molar-refractivity contribution is 7.65. The van der Waals surface area contributed by atoms with E-state index >= 15 is 0 Å². The average Bonchev–Trinajstić information content (AvgIpc) is 3.55. The summed E-state index contributed by atoms with van der Waals surface area (Å²) in [6, 6.07) is 1.51. The number of rotatable bonds is 14. The van der Waals surface area contributed by atoms with Crippen LogP contribution in [0.3, 0.4) is 0 Å². The van der Waals surface area contributed by atoms with Gasteiger partial charge in [0.15, 0.2) is 0 Å². The lowest BCUT2D eigenvalue weighted by Gasteiger charge is -2.33. The van der Waals surface area contributed by atoms with Gasteiger partial charge in [-0.05, 0) is 65.1 Å². The number of fused-ring (bicyclic) bond motifs is 1. The normalized spacial score (nSPS) is 23.2. The molecule has 1 aliphatic rings. The number of phosphoric acid groups is 3. The Morgan fingerprint density at radius 1 is 1.09 bits per heavy atom. The molecule has 3 heterocycles. The number of phosphoric ester groups is 1. The number of hydrogen-bond donors (Lipinski definition) is 5. The van der Waals surface area contributed by atoms with Crippen molar-refractivity contribution in [3.8, 4) is 12.3 Å². The number of nitrogens with one attached hydrogen (secondary N) is 2. The van der Waals surface area contributed by atoms with Crippen LogP contribution in [0.25, 0.3) is 11.0 Å². The van der Waals surface area contributed by atoms with E-state index < -0.39 is 41.6 Å². The van der Waals surface area contributed by atoms with E-state index in [1.54, 1.807) is 9.80 Å². The fourth-order valence-corrected chi connectivity index (χ4v) is 7.94. The first-order chi connectivity index (χ1) is 21.8. The molecule has 3 rings (SSSR count). The number of nitrogen functional groups attached to an aromatic ring is 1. The number of aliphatic hydroxyl groups is 1. The summed E-state index contributed by atoms with van der Waals surface area (Å²) in [6.07, 6.45) is 3.63. The molecule has 22 heteroatoms. The molecule has 0 aromatic carbocycles. The van der Waals surface area contributed by atoms with Gasteiger partial charge in [-0.25, -0.2) is 22.7 Å². The Morgan fingerprint density at radius 2 is 1.60 bits per heavy atom. The first kappa shape index (κ1) is 43.5. The molecular formula is C25H46ClN6O12P3. The minimum Gasteiger partial charge on any atom is -0.756 e. The van der Waals surface area contributed by atoms with Crippen LogP contribution in [0.15, 0.2) is 12.3 Å². The van der Waals surface area contributed by atoms with Gasteiger partial charge < -0.3 is 44.6 Å². The topological polar surface area (TPSA) is 250 Å². The number of aliphatic hydroxyl groups excluding tert-OH is 1. The molecule has 0 amide bonds. The maximum atomic E-state index is 12.7. The zero-order valence-corrected chi connectivity index (χ0v) is 30.9. The second kappa shape index (κ2) is 19.1. The van der Waals surface area contributed by atoms with E-state index in [4.69, 9.17) is 37.9 Å². The molecule has 0 spiro atoms. The quantitative estimate of drug-likeness (QED) is 0.0959. The van der Waals surface area contributed by atoms with Crippen molar-refractivity contribution in [3.63, 3.8) is 0 Å². The molecule has 270 valence electrons. The Morgan fingerprint density at radius 3 is 2.00 bits per heavy atom. The zero-order chi connectivity index (χ0) is 36.2. The molecule has 2 aromatic rings. The molecule has 6 atom stereocenters. The van der Waals surface area contributed by atoms with E-state index in [2.05, 4.69) is 64.7 Å². The molecule has 6 N–H and O–H groups in total. The van der Waals surface area contributed by atoms with Crippen molar-refractivity contribution in [2.75, 3.05) is 52.1 Å². The van der Waals surface area contributed by atoms with Crippen molar-refractivity contribution in [1.82, 2.24) is 14.5 Å². The van der Waals surface area contributed by atoms with E-state index in [9.17, 15) is 28.6 Å². The van der Waals surface area contributed by atoms with Crippen molar-refractivity contribution in [2.24, 2.45) is 0 Å². The summed E-state index contributed by atoms with van der Waals surface area (Å²) in [5.41, 5.74) is 5.96. The van der Waals surface area contributed by atoms with Crippen LogP contribution in [0, 0.1) is 12.3 Å². The van der Waals surface area contributed by atoms with Gasteiger partial charge in [0, 0.05) is 19.7 Å². The lowest BCUT2D eigenvalue weighted by atomic mass is 10.1. The van der Waals surface area contributed by atoms with Crippen LogP contribution < -0.4 is 25.3 Å². The maximum absolute atomic E-state index is 12.7. The van der Waals surface area contributed by atoms with Crippen LogP contribution in [0.1, 0.15) is 54.2 Å². The van der Waals surface area contributed by atoms with Gasteiger partial charge in [0.25, 0.3) is 21.4 Å². The number of terminal acetylenes is 1. The predicted octanol–water partition coefficient (Wildman–Crippen LogP) is -0.128. The Kier molecular flexibility index (Phi) is 17.7. The number of nitrogens with zero attached hydrogens (tertiary/aromatic N) is 3. The molecule has 1 saturated heterocycles. The van der Waals surface area contributed by atoms with E-state index in [-0.39, 0.29) is 23.2 Å². The Bertz CT molecular complexity index is 1440. The van der Waals surface area contributed by atoms with Crippen LogP contribution in [0.5, 0.6) is 0 Å². The molecule has 47 heavy (non-hydrogen) atoms. The van der Waals surface area contributed by atoms with Gasteiger partial charge >= 0.3 is 7.82 Å². The third-order valence-corrected chi connectivity index (χ3v) is 11.5. The van der Waals surface area contributed by atoms with Crippen LogP contribution in [0.4, 0.5) is 5.82 Å². The summed E-state index contributed by atoms with van der Waals surface area (Å²) in [6.45, 7) is 21.0. The number of nitrogens with two attached hydrogens (primary N) is 1. The third kappa shape index (κ3) is 13.1. The van der Waals surface area contributed by atoms with Gasteiger partial charge in [-0.1, -0.05) is 0 Å². The number of quaternary nitrogens is 2. The van der Waals surface area contributed by atoms with Gasteiger partial charge in [-0.2, -0.15) is 4.98 Å². The molecule has 0 aliphatic carbocycles. The first-order valence-electron chi connectivity index (χ1n) is 14.8. The summed E-state index contributed by atoms with van der Waals surface area (Å²) in [7, 11) is -16.6. The van der Waals surface area contributed by atoms with Crippen LogP contribution in [0.2, 0.25) is 5.28 Å². The molecule has 18 nitrogen and oxygen atoms in total. The lowest BCUT2D eigenvalue weighted by molar-refractivity contribution is -0.894. The maximum Gasteiger partial charge on any atom is 0.484 e. The third-order valence-electron chi connectivity index (χ3n) is 7.13. The van der Waals surface area contributed by atoms with Gasteiger partial charge in [-0.15, -0.1) is 6.42 Å². The molecule has 1 aliphatic heterocycles. The summed E-state index contributed by atoms with van der Waals surface area (Å²) in [5, 5.41) is 10.7. The van der Waals surface area contributed by atoms with E-state index in [0.717, 1.165) is 0 Å². The van der Waals surface area contributed by atoms with Crippen LogP contribution in [-0.4, -0.2) is 82.8 Å². The van der Waals surface area contributed by atoms with Gasteiger partial charge in [0.05, 0.1) is 44.7 Å². The largest absolute Gasteiger partial charge is 0.756 e. The summed E-state index contributed by atoms with van der Waals surface area (Å²) in [5.74, 6) is -0.677. The van der Waals surface area contributed by atoms with Gasteiger partial charge in [0.2, 0.25) is 5.28 Å². The number of anilines is 1. The number of ether oxygens (including phenoxy) is 1. The zero-order valence-electron chi connectivity index (χ0n) is 27.5. The fraction of sp³-hybridized carbons (Fsp3) is 0.680. The van der Waals surface area contributed by atoms with E-state index in [0.29, 0.717) is 12.5 Å². The number of halogens is 1. The van der Waals surface area contributed by atoms with Crippen LogP contribution >= 0.6 is 35.1 Å². The molecule has 0 bridgehead atoms. The van der Waals surface area contributed by atoms with Gasteiger partial charge in [0.1, 0.15) is 23.8 Å². The number of aromatic nitrogens is 3. The van der Waals surface area contributed by atoms with Crippen molar-refractivity contribution < 1.29 is 65.7 Å². The van der Waals surface area contributed by atoms with Crippen molar-refractivity contribution >= 4 is 51.9 Å². The highest BCUT2D eigenvalue weighted by Crippen LogP contribution is 2.67. The highest BCUT2D eigenvalue weighted by atomic mass is 35.5. The van der Waals surface area contributed by atoms with Crippen molar-refractivity contribution in [3.05, 3.63) is 17.5 Å². The highest BCUT2D eigenvalue weighted by Gasteiger charge is 2.55. The van der Waals surface area contributed by atoms with Crippen LogP contribution in [-0.2, 0) is 36.1 Å². The summed E-state index contributed by atoms with van der Waals surface area (Å²) < 4.78 is 58.6. The Labute approximate surface area is 279 Å². The predicted molar refractivity (Wildman–Crippen MR) is 170 cm³/mol. The molecule has 1 fully saturated rings. The molecule has 3 unspecified atom stereocenters. The second-order valence-electron chi connectivity index (χ2n) is 9.90. The lowest BCUT2D eigenvalue weighted by Crippen LogP contribution is -3.11. The summed E-state index contributed by atoms with van der Waals surface area (Å²) >= 11 is 5.82. The Hall–Kier alpha value is -1.48. The smallest absolute Gasteiger partial charge is 0.484 e.